The molecule has 0 aliphatic carbocycles. The molecule has 0 aromatic carbocycles. The first-order valence-corrected chi connectivity index (χ1v) is 3.50. The molecule has 62 valence electrons. The van der Waals surface area contributed by atoms with E-state index in [0.29, 0.717) is 6.42 Å². The lowest BCUT2D eigenvalue weighted by Crippen LogP contribution is -1.92. The summed E-state index contributed by atoms with van der Waals surface area (Å²) in [6.07, 6.45) is 7.95. The average molecular weight is 163 g/mol. The number of carbonyl (C=O) groups is 1. The quantitative estimate of drug-likeness (QED) is 0.664. The molecule has 1 aromatic heterocycles. The number of aromatic nitrogens is 2. The molecule has 12 heavy (non-hydrogen) atoms. The van der Waals surface area contributed by atoms with Crippen molar-refractivity contribution >= 4 is 18.3 Å². The van der Waals surface area contributed by atoms with E-state index in [4.69, 9.17) is 5.73 Å². The Morgan fingerprint density at radius 2 is 2.08 bits per heavy atom. The number of carbonyl (C=O) groups excluding carboxylic acids is 1. The van der Waals surface area contributed by atoms with Crippen LogP contribution in [0.4, 0.5) is 5.95 Å². The predicted molar refractivity (Wildman–Crippen MR) is 46.2 cm³/mol. The van der Waals surface area contributed by atoms with Crippen LogP contribution in [-0.2, 0) is 4.79 Å². The maximum absolute atomic E-state index is 9.95. The molecule has 0 fully saturated rings. The third-order valence-electron chi connectivity index (χ3n) is 1.23. The number of hydrogen-bond acceptors (Lipinski definition) is 4. The summed E-state index contributed by atoms with van der Waals surface area (Å²) >= 11 is 0. The monoisotopic (exact) mass is 163 g/mol. The van der Waals surface area contributed by atoms with Gasteiger partial charge in [0.2, 0.25) is 5.95 Å². The first kappa shape index (κ1) is 8.39. The normalized spacial score (nSPS) is 10.3. The van der Waals surface area contributed by atoms with Crippen molar-refractivity contribution in [3.05, 3.63) is 24.0 Å². The maximum Gasteiger partial charge on any atom is 0.219 e. The Hall–Kier alpha value is -1.71. The highest BCUT2D eigenvalue weighted by molar-refractivity contribution is 5.57. The van der Waals surface area contributed by atoms with Crippen molar-refractivity contribution in [2.24, 2.45) is 0 Å². The molecule has 1 heterocycles. The van der Waals surface area contributed by atoms with Gasteiger partial charge in [0.05, 0.1) is 0 Å². The van der Waals surface area contributed by atoms with Crippen molar-refractivity contribution in [2.45, 2.75) is 6.42 Å². The molecule has 0 radical (unpaired) electrons. The number of rotatable bonds is 3. The van der Waals surface area contributed by atoms with Crippen LogP contribution in [0.2, 0.25) is 0 Å². The molecule has 0 unspecified atom stereocenters. The zero-order chi connectivity index (χ0) is 8.81. The van der Waals surface area contributed by atoms with Gasteiger partial charge in [-0.25, -0.2) is 9.97 Å². The van der Waals surface area contributed by atoms with Crippen molar-refractivity contribution in [3.8, 4) is 0 Å². The van der Waals surface area contributed by atoms with Crippen LogP contribution < -0.4 is 5.73 Å². The van der Waals surface area contributed by atoms with E-state index in [9.17, 15) is 4.79 Å². The first-order valence-electron chi connectivity index (χ1n) is 3.50. The molecule has 4 heteroatoms. The van der Waals surface area contributed by atoms with Crippen LogP contribution in [-0.4, -0.2) is 16.3 Å². The highest BCUT2D eigenvalue weighted by Crippen LogP contribution is 1.99. The second kappa shape index (κ2) is 4.23. The van der Waals surface area contributed by atoms with E-state index in [-0.39, 0.29) is 5.95 Å². The number of aldehydes is 1. The van der Waals surface area contributed by atoms with E-state index in [1.165, 1.54) is 0 Å². The fraction of sp³-hybridized carbons (Fsp3) is 0.125. The van der Waals surface area contributed by atoms with Crippen LogP contribution in [0.1, 0.15) is 12.0 Å². The van der Waals surface area contributed by atoms with Gasteiger partial charge in [-0.15, -0.1) is 0 Å². The van der Waals surface area contributed by atoms with Gasteiger partial charge in [0, 0.05) is 24.4 Å². The van der Waals surface area contributed by atoms with Gasteiger partial charge in [0.15, 0.2) is 0 Å². The molecule has 2 N–H and O–H groups in total. The molecule has 0 atom stereocenters. The fourth-order valence-electron chi connectivity index (χ4n) is 0.694. The second-order valence-electron chi connectivity index (χ2n) is 2.18. The Balaban J connectivity index is 2.64. The lowest BCUT2D eigenvalue weighted by molar-refractivity contribution is -0.107. The van der Waals surface area contributed by atoms with E-state index < -0.39 is 0 Å². The van der Waals surface area contributed by atoms with E-state index in [1.54, 1.807) is 24.5 Å². The van der Waals surface area contributed by atoms with E-state index in [1.807, 2.05) is 0 Å². The van der Waals surface area contributed by atoms with Crippen LogP contribution in [0.25, 0.3) is 6.08 Å². The van der Waals surface area contributed by atoms with Gasteiger partial charge in [-0.3, -0.25) is 0 Å². The van der Waals surface area contributed by atoms with Gasteiger partial charge in [0.25, 0.3) is 0 Å². The van der Waals surface area contributed by atoms with E-state index in [2.05, 4.69) is 9.97 Å². The molecule has 4 nitrogen and oxygen atoms in total. The molecule has 0 spiro atoms. The zero-order valence-electron chi connectivity index (χ0n) is 6.47. The summed E-state index contributed by atoms with van der Waals surface area (Å²) in [5.74, 6) is 0.252. The molecule has 0 bridgehead atoms. The highest BCUT2D eigenvalue weighted by atomic mass is 16.1. The minimum Gasteiger partial charge on any atom is -0.368 e. The molecular weight excluding hydrogens is 154 g/mol. The Bertz CT molecular complexity index is 279. The van der Waals surface area contributed by atoms with Crippen LogP contribution in [0.5, 0.6) is 0 Å². The summed E-state index contributed by atoms with van der Waals surface area (Å²) in [6, 6.07) is 0. The molecular formula is C8H9N3O. The largest absolute Gasteiger partial charge is 0.368 e. The third-order valence-corrected chi connectivity index (χ3v) is 1.23. The second-order valence-corrected chi connectivity index (χ2v) is 2.18. The highest BCUT2D eigenvalue weighted by Gasteiger charge is 1.87. The third kappa shape index (κ3) is 2.49. The summed E-state index contributed by atoms with van der Waals surface area (Å²) in [4.78, 5) is 17.5. The summed E-state index contributed by atoms with van der Waals surface area (Å²) in [5.41, 5.74) is 6.12. The predicted octanol–water partition coefficient (Wildman–Crippen LogP) is 0.661. The maximum atomic E-state index is 9.95. The smallest absolute Gasteiger partial charge is 0.219 e. The van der Waals surface area contributed by atoms with Crippen molar-refractivity contribution in [1.29, 1.82) is 0 Å². The summed E-state index contributed by atoms with van der Waals surface area (Å²) in [5, 5.41) is 0. The topological polar surface area (TPSA) is 68.9 Å². The minimum atomic E-state index is 0.252. The Labute approximate surface area is 70.1 Å². The van der Waals surface area contributed by atoms with Crippen molar-refractivity contribution in [3.63, 3.8) is 0 Å². The molecule has 1 rings (SSSR count). The SMILES string of the molecule is Nc1ncc(C=CCC=O)cn1. The Morgan fingerprint density at radius 1 is 1.42 bits per heavy atom. The van der Waals surface area contributed by atoms with Crippen molar-refractivity contribution in [2.75, 3.05) is 5.73 Å². The number of nitrogens with two attached hydrogens (primary N) is 1. The Kier molecular flexibility index (Phi) is 2.95. The van der Waals surface area contributed by atoms with Gasteiger partial charge >= 0.3 is 0 Å². The Morgan fingerprint density at radius 3 is 2.67 bits per heavy atom. The van der Waals surface area contributed by atoms with Gasteiger partial charge in [-0.2, -0.15) is 0 Å². The van der Waals surface area contributed by atoms with Gasteiger partial charge in [0.1, 0.15) is 6.29 Å². The zero-order valence-corrected chi connectivity index (χ0v) is 6.47. The minimum absolute atomic E-state index is 0.252. The first-order chi connectivity index (χ1) is 5.83. The lowest BCUT2D eigenvalue weighted by Gasteiger charge is -1.91. The summed E-state index contributed by atoms with van der Waals surface area (Å²) < 4.78 is 0. The molecule has 0 aliphatic heterocycles. The number of anilines is 1. The fourth-order valence-corrected chi connectivity index (χ4v) is 0.694. The standard InChI is InChI=1S/C8H9N3O/c9-8-10-5-7(6-11-8)3-1-2-4-12/h1,3-6H,2H2,(H2,9,10,11). The van der Waals surface area contributed by atoms with Crippen LogP contribution in [0, 0.1) is 0 Å². The van der Waals surface area contributed by atoms with Crippen molar-refractivity contribution in [1.82, 2.24) is 9.97 Å². The van der Waals surface area contributed by atoms with Gasteiger partial charge in [-0.1, -0.05) is 12.2 Å². The molecule has 0 saturated carbocycles. The van der Waals surface area contributed by atoms with Crippen LogP contribution in [0.15, 0.2) is 18.5 Å². The van der Waals surface area contributed by atoms with E-state index in [0.717, 1.165) is 11.8 Å². The molecule has 0 aliphatic rings. The van der Waals surface area contributed by atoms with Gasteiger partial charge < -0.3 is 10.5 Å². The summed E-state index contributed by atoms with van der Waals surface area (Å²) in [6.45, 7) is 0. The number of nitrogens with zero attached hydrogens (tertiary/aromatic N) is 2. The number of hydrogen-bond donors (Lipinski definition) is 1. The van der Waals surface area contributed by atoms with Crippen LogP contribution in [0.3, 0.4) is 0 Å². The number of nitrogen functional groups attached to an aromatic ring is 1. The van der Waals surface area contributed by atoms with Crippen LogP contribution >= 0.6 is 0 Å². The molecule has 1 aromatic rings. The molecule has 0 saturated heterocycles. The molecule has 0 amide bonds. The van der Waals surface area contributed by atoms with Gasteiger partial charge in [-0.05, 0) is 0 Å². The average Bonchev–Trinajstić information content (AvgIpc) is 2.09. The summed E-state index contributed by atoms with van der Waals surface area (Å²) in [7, 11) is 0. The van der Waals surface area contributed by atoms with Crippen molar-refractivity contribution < 1.29 is 4.79 Å². The lowest BCUT2D eigenvalue weighted by atomic mass is 10.3. The van der Waals surface area contributed by atoms with E-state index >= 15 is 0 Å². The number of allylic oxidation sites excluding steroid dienone is 1.